The second-order valence-electron chi connectivity index (χ2n) is 9.91. The molecule has 6 nitrogen and oxygen atoms in total. The summed E-state index contributed by atoms with van der Waals surface area (Å²) in [5.74, 6) is 2.25. The van der Waals surface area contributed by atoms with Crippen LogP contribution in [0.3, 0.4) is 0 Å². The molecule has 7 heteroatoms. The van der Waals surface area contributed by atoms with E-state index in [-0.39, 0.29) is 10.5 Å². The second kappa shape index (κ2) is 8.44. The maximum Gasteiger partial charge on any atom is 0.276 e. The van der Waals surface area contributed by atoms with Crippen molar-refractivity contribution < 1.29 is 17.9 Å². The Balaban J connectivity index is 1.36. The number of hydrazone groups is 1. The van der Waals surface area contributed by atoms with Gasteiger partial charge in [0.05, 0.1) is 29.9 Å². The van der Waals surface area contributed by atoms with E-state index in [9.17, 15) is 8.42 Å². The van der Waals surface area contributed by atoms with Gasteiger partial charge in [-0.2, -0.15) is 13.5 Å². The van der Waals surface area contributed by atoms with Gasteiger partial charge in [0.2, 0.25) is 0 Å². The van der Waals surface area contributed by atoms with E-state index in [2.05, 4.69) is 35.1 Å². The highest BCUT2D eigenvalue weighted by atomic mass is 32.2. The molecular weight excluding hydrogens is 436 g/mol. The van der Waals surface area contributed by atoms with Crippen molar-refractivity contribution >= 4 is 15.7 Å². The second-order valence-corrected chi connectivity index (χ2v) is 11.6. The predicted octanol–water partition coefficient (Wildman–Crippen LogP) is 4.57. The van der Waals surface area contributed by atoms with Crippen LogP contribution in [-0.4, -0.2) is 33.4 Å². The van der Waals surface area contributed by atoms with Crippen molar-refractivity contribution in [1.29, 1.82) is 0 Å². The molecule has 1 saturated carbocycles. The summed E-state index contributed by atoms with van der Waals surface area (Å²) >= 11 is 0. The van der Waals surface area contributed by atoms with Crippen LogP contribution in [0.1, 0.15) is 55.2 Å². The standard InChI is InChI=1S/C26H32N2O4S/c1-17-4-8-21(9-5-17)33(29,30)28-27-19-15-25-24-10-6-18-14-20(31-3)7-11-22(18)23(24)12-13-26(25,2)32-16-19/h4-5,7-9,11,14,23-25,28H,6,10,12-13,15-16H2,1-3H3/b27-19-/t23?,24?,25-,26-/m0/s1. The number of hydrogen-bond acceptors (Lipinski definition) is 5. The molecule has 5 rings (SSSR count). The number of methoxy groups -OCH3 is 1. The summed E-state index contributed by atoms with van der Waals surface area (Å²) in [5, 5.41) is 4.32. The van der Waals surface area contributed by atoms with Crippen molar-refractivity contribution in [3.8, 4) is 5.75 Å². The Morgan fingerprint density at radius 2 is 1.94 bits per heavy atom. The molecule has 1 N–H and O–H groups in total. The molecule has 1 heterocycles. The molecule has 2 fully saturated rings. The first-order chi connectivity index (χ1) is 15.8. The van der Waals surface area contributed by atoms with Gasteiger partial charge in [0.1, 0.15) is 5.75 Å². The van der Waals surface area contributed by atoms with E-state index < -0.39 is 10.0 Å². The summed E-state index contributed by atoms with van der Waals surface area (Å²) in [6.07, 6.45) is 5.03. The normalized spacial score (nSPS) is 30.2. The molecule has 0 amide bonds. The Morgan fingerprint density at radius 3 is 2.70 bits per heavy atom. The topological polar surface area (TPSA) is 77.0 Å². The molecule has 0 bridgehead atoms. The van der Waals surface area contributed by atoms with Crippen LogP contribution in [0.25, 0.3) is 0 Å². The lowest BCUT2D eigenvalue weighted by Crippen LogP contribution is -2.53. The summed E-state index contributed by atoms with van der Waals surface area (Å²) in [4.78, 5) is 2.66. The Bertz CT molecular complexity index is 1180. The minimum Gasteiger partial charge on any atom is -0.497 e. The minimum atomic E-state index is -3.70. The molecule has 0 radical (unpaired) electrons. The smallest absolute Gasteiger partial charge is 0.276 e. The van der Waals surface area contributed by atoms with Crippen LogP contribution in [0.15, 0.2) is 52.5 Å². The van der Waals surface area contributed by atoms with Gasteiger partial charge in [-0.15, -0.1) is 0 Å². The number of ether oxygens (including phenoxy) is 2. The van der Waals surface area contributed by atoms with Gasteiger partial charge < -0.3 is 9.47 Å². The molecule has 33 heavy (non-hydrogen) atoms. The third kappa shape index (κ3) is 4.17. The van der Waals surface area contributed by atoms with Crippen LogP contribution in [-0.2, 0) is 21.2 Å². The maximum atomic E-state index is 12.7. The molecule has 1 aliphatic heterocycles. The summed E-state index contributed by atoms with van der Waals surface area (Å²) < 4.78 is 37.1. The quantitative estimate of drug-likeness (QED) is 0.667. The van der Waals surface area contributed by atoms with E-state index in [0.29, 0.717) is 24.4 Å². The van der Waals surface area contributed by atoms with E-state index in [1.165, 1.54) is 11.1 Å². The number of fused-ring (bicyclic) bond motifs is 5. The Kier molecular flexibility index (Phi) is 5.73. The lowest BCUT2D eigenvalue weighted by molar-refractivity contribution is -0.120. The van der Waals surface area contributed by atoms with Gasteiger partial charge in [-0.05, 0) is 99.1 Å². The van der Waals surface area contributed by atoms with E-state index in [1.807, 2.05) is 6.92 Å². The van der Waals surface area contributed by atoms with Crippen molar-refractivity contribution in [3.63, 3.8) is 0 Å². The first-order valence-electron chi connectivity index (χ1n) is 11.7. The summed E-state index contributed by atoms with van der Waals surface area (Å²) in [6, 6.07) is 13.3. The van der Waals surface area contributed by atoms with Gasteiger partial charge in [0, 0.05) is 0 Å². The van der Waals surface area contributed by atoms with Crippen LogP contribution < -0.4 is 9.57 Å². The molecule has 0 spiro atoms. The van der Waals surface area contributed by atoms with Crippen molar-refractivity contribution in [2.75, 3.05) is 13.7 Å². The van der Waals surface area contributed by atoms with Gasteiger partial charge in [-0.25, -0.2) is 4.83 Å². The molecule has 2 aromatic rings. The van der Waals surface area contributed by atoms with Crippen LogP contribution in [0, 0.1) is 18.8 Å². The largest absolute Gasteiger partial charge is 0.497 e. The SMILES string of the molecule is COc1ccc2c(c1)CCC1C2CC[C@]2(C)OC/C(=N\NS(=O)(=O)c3ccc(C)cc3)C[C@@H]12. The van der Waals surface area contributed by atoms with Crippen LogP contribution >= 0.6 is 0 Å². The van der Waals surface area contributed by atoms with Crippen molar-refractivity contribution in [1.82, 2.24) is 4.83 Å². The highest BCUT2D eigenvalue weighted by Crippen LogP contribution is 2.55. The fourth-order valence-electron chi connectivity index (χ4n) is 6.05. The molecule has 1 saturated heterocycles. The van der Waals surface area contributed by atoms with Crippen LogP contribution in [0.5, 0.6) is 5.75 Å². The molecule has 2 unspecified atom stereocenters. The van der Waals surface area contributed by atoms with E-state index in [0.717, 1.165) is 49.1 Å². The van der Waals surface area contributed by atoms with Crippen molar-refractivity contribution in [2.45, 2.75) is 62.4 Å². The molecule has 0 aromatic heterocycles. The van der Waals surface area contributed by atoms with Gasteiger partial charge in [0.25, 0.3) is 10.0 Å². The van der Waals surface area contributed by atoms with Crippen molar-refractivity contribution in [2.24, 2.45) is 16.9 Å². The van der Waals surface area contributed by atoms with Crippen molar-refractivity contribution in [3.05, 3.63) is 59.2 Å². The first kappa shape index (κ1) is 22.4. The number of rotatable bonds is 4. The number of nitrogens with one attached hydrogen (secondary N) is 1. The molecular formula is C26H32N2O4S. The molecule has 2 aliphatic carbocycles. The molecule has 4 atom stereocenters. The van der Waals surface area contributed by atoms with Crippen LogP contribution in [0.4, 0.5) is 0 Å². The number of benzene rings is 2. The monoisotopic (exact) mass is 468 g/mol. The molecule has 176 valence electrons. The van der Waals surface area contributed by atoms with E-state index in [4.69, 9.17) is 9.47 Å². The fraction of sp³-hybridized carbons (Fsp3) is 0.500. The minimum absolute atomic E-state index is 0.181. The van der Waals surface area contributed by atoms with E-state index in [1.54, 1.807) is 31.4 Å². The third-order valence-electron chi connectivity index (χ3n) is 7.95. The van der Waals surface area contributed by atoms with Crippen LogP contribution in [0.2, 0.25) is 0 Å². The summed E-state index contributed by atoms with van der Waals surface area (Å²) in [5.41, 5.74) is 4.45. The number of sulfonamides is 1. The zero-order valence-corrected chi connectivity index (χ0v) is 20.3. The highest BCUT2D eigenvalue weighted by molar-refractivity contribution is 7.89. The first-order valence-corrected chi connectivity index (χ1v) is 13.2. The predicted molar refractivity (Wildman–Crippen MR) is 128 cm³/mol. The van der Waals surface area contributed by atoms with Gasteiger partial charge >= 0.3 is 0 Å². The zero-order valence-electron chi connectivity index (χ0n) is 19.5. The van der Waals surface area contributed by atoms with E-state index >= 15 is 0 Å². The third-order valence-corrected chi connectivity index (χ3v) is 9.17. The average Bonchev–Trinajstić information content (AvgIpc) is 2.82. The lowest BCUT2D eigenvalue weighted by Gasteiger charge is -2.53. The fourth-order valence-corrected chi connectivity index (χ4v) is 6.90. The lowest BCUT2D eigenvalue weighted by atomic mass is 9.57. The summed E-state index contributed by atoms with van der Waals surface area (Å²) in [7, 11) is -1.98. The Labute approximate surface area is 196 Å². The molecule has 2 aromatic carbocycles. The number of nitrogens with zero attached hydrogens (tertiary/aromatic N) is 1. The average molecular weight is 469 g/mol. The maximum absolute atomic E-state index is 12.7. The number of hydrogen-bond donors (Lipinski definition) is 1. The van der Waals surface area contributed by atoms with Gasteiger partial charge in [0.15, 0.2) is 0 Å². The zero-order chi connectivity index (χ0) is 23.2. The Hall–Kier alpha value is -2.38. The van der Waals surface area contributed by atoms with Gasteiger partial charge in [-0.1, -0.05) is 23.8 Å². The Morgan fingerprint density at radius 1 is 1.15 bits per heavy atom. The molecule has 3 aliphatic rings. The highest BCUT2D eigenvalue weighted by Gasteiger charge is 2.51. The summed E-state index contributed by atoms with van der Waals surface area (Å²) in [6.45, 7) is 4.53. The van der Waals surface area contributed by atoms with Gasteiger partial charge in [-0.3, -0.25) is 0 Å². The number of aryl methyl sites for hydroxylation is 2.